The van der Waals surface area contributed by atoms with Crippen molar-refractivity contribution in [2.24, 2.45) is 0 Å². The quantitative estimate of drug-likeness (QED) is 0.792. The minimum atomic E-state index is -0.180. The number of hydrogen-bond acceptors (Lipinski definition) is 4. The number of amides is 1. The zero-order chi connectivity index (χ0) is 13.4. The second-order valence-corrected chi connectivity index (χ2v) is 3.73. The average molecular weight is 242 g/mol. The molecule has 1 rings (SSSR count). The summed E-state index contributed by atoms with van der Waals surface area (Å²) in [5.74, 6) is -0.180. The van der Waals surface area contributed by atoms with Gasteiger partial charge in [-0.05, 0) is 24.3 Å². The number of hydrogen-bond donors (Lipinski definition) is 1. The molecule has 1 aromatic carbocycles. The van der Waals surface area contributed by atoms with E-state index in [0.717, 1.165) is 0 Å². The lowest BCUT2D eigenvalue weighted by Crippen LogP contribution is -2.32. The third-order valence-corrected chi connectivity index (χ3v) is 2.43. The van der Waals surface area contributed by atoms with Crippen molar-refractivity contribution in [3.05, 3.63) is 29.8 Å². The molecule has 0 spiro atoms. The van der Waals surface area contributed by atoms with Crippen molar-refractivity contribution in [1.29, 1.82) is 10.5 Å². The second kappa shape index (κ2) is 6.93. The Labute approximate surface area is 106 Å². The van der Waals surface area contributed by atoms with Crippen LogP contribution in [0.15, 0.2) is 24.3 Å². The first-order valence-electron chi connectivity index (χ1n) is 5.57. The van der Waals surface area contributed by atoms with E-state index in [-0.39, 0.29) is 18.7 Å². The molecule has 0 bridgehead atoms. The molecule has 0 radical (unpaired) electrons. The van der Waals surface area contributed by atoms with Crippen molar-refractivity contribution in [2.45, 2.75) is 12.8 Å². The Morgan fingerprint density at radius 2 is 1.61 bits per heavy atom. The van der Waals surface area contributed by atoms with E-state index < -0.39 is 0 Å². The van der Waals surface area contributed by atoms with Gasteiger partial charge in [0.2, 0.25) is 0 Å². The normalized spacial score (nSPS) is 9.22. The molecule has 0 aliphatic carbocycles. The van der Waals surface area contributed by atoms with E-state index in [1.54, 1.807) is 24.3 Å². The minimum Gasteiger partial charge on any atom is -0.399 e. The summed E-state index contributed by atoms with van der Waals surface area (Å²) < 4.78 is 0. The summed E-state index contributed by atoms with van der Waals surface area (Å²) in [5, 5.41) is 17.1. The monoisotopic (exact) mass is 242 g/mol. The van der Waals surface area contributed by atoms with Crippen molar-refractivity contribution in [3.8, 4) is 12.1 Å². The number of nitriles is 2. The van der Waals surface area contributed by atoms with Crippen LogP contribution in [0, 0.1) is 22.7 Å². The molecule has 1 amide bonds. The van der Waals surface area contributed by atoms with Crippen LogP contribution < -0.4 is 5.73 Å². The standard InChI is InChI=1S/C13H14N4O/c14-7-1-9-17(10-2-8-15)13(18)11-3-5-12(16)6-4-11/h3-6H,1-2,9-10,16H2. The van der Waals surface area contributed by atoms with Gasteiger partial charge in [0.1, 0.15) is 0 Å². The summed E-state index contributed by atoms with van der Waals surface area (Å²) in [5.41, 5.74) is 6.66. The van der Waals surface area contributed by atoms with Crippen LogP contribution >= 0.6 is 0 Å². The molecule has 0 unspecified atom stereocenters. The lowest BCUT2D eigenvalue weighted by atomic mass is 10.1. The lowest BCUT2D eigenvalue weighted by molar-refractivity contribution is 0.0762. The van der Waals surface area contributed by atoms with Gasteiger partial charge in [-0.3, -0.25) is 4.79 Å². The molecule has 0 aliphatic rings. The Hall–Kier alpha value is -2.53. The van der Waals surface area contributed by atoms with Crippen molar-refractivity contribution in [1.82, 2.24) is 4.90 Å². The number of nitrogens with zero attached hydrogens (tertiary/aromatic N) is 3. The third-order valence-electron chi connectivity index (χ3n) is 2.43. The zero-order valence-corrected chi connectivity index (χ0v) is 9.97. The van der Waals surface area contributed by atoms with Crippen molar-refractivity contribution in [2.75, 3.05) is 18.8 Å². The molecule has 0 fully saturated rings. The van der Waals surface area contributed by atoms with Gasteiger partial charge in [0.15, 0.2) is 0 Å². The first kappa shape index (κ1) is 13.5. The van der Waals surface area contributed by atoms with Crippen LogP contribution in [0.4, 0.5) is 5.69 Å². The van der Waals surface area contributed by atoms with Crippen LogP contribution in [0.5, 0.6) is 0 Å². The van der Waals surface area contributed by atoms with Crippen LogP contribution in [0.3, 0.4) is 0 Å². The Morgan fingerprint density at radius 3 is 2.06 bits per heavy atom. The maximum Gasteiger partial charge on any atom is 0.253 e. The first-order valence-corrected chi connectivity index (χ1v) is 5.57. The number of benzene rings is 1. The summed E-state index contributed by atoms with van der Waals surface area (Å²) in [6, 6.07) is 10.6. The molecule has 0 saturated heterocycles. The van der Waals surface area contributed by atoms with Gasteiger partial charge in [0, 0.05) is 24.3 Å². The Balaban J connectivity index is 2.78. The Morgan fingerprint density at radius 1 is 1.11 bits per heavy atom. The maximum absolute atomic E-state index is 12.1. The molecule has 0 heterocycles. The molecule has 0 atom stereocenters. The number of nitrogen functional groups attached to an aromatic ring is 1. The molecule has 0 aliphatic heterocycles. The second-order valence-electron chi connectivity index (χ2n) is 3.73. The Bertz CT molecular complexity index is 463. The predicted molar refractivity (Wildman–Crippen MR) is 67.2 cm³/mol. The first-order chi connectivity index (χ1) is 8.69. The van der Waals surface area contributed by atoms with Gasteiger partial charge in [-0.25, -0.2) is 0 Å². The van der Waals surface area contributed by atoms with E-state index >= 15 is 0 Å². The fraction of sp³-hybridized carbons (Fsp3) is 0.308. The highest BCUT2D eigenvalue weighted by Gasteiger charge is 2.14. The van der Waals surface area contributed by atoms with Crippen LogP contribution in [0.1, 0.15) is 23.2 Å². The molecule has 0 saturated carbocycles. The molecular formula is C13H14N4O. The van der Waals surface area contributed by atoms with Crippen molar-refractivity contribution in [3.63, 3.8) is 0 Å². The average Bonchev–Trinajstić information content (AvgIpc) is 2.39. The number of rotatable bonds is 5. The van der Waals surface area contributed by atoms with Crippen LogP contribution in [0.2, 0.25) is 0 Å². The molecule has 1 aromatic rings. The van der Waals surface area contributed by atoms with Crippen molar-refractivity contribution < 1.29 is 4.79 Å². The van der Waals surface area contributed by atoms with E-state index in [4.69, 9.17) is 16.3 Å². The molecule has 5 nitrogen and oxygen atoms in total. The van der Waals surface area contributed by atoms with Gasteiger partial charge >= 0.3 is 0 Å². The van der Waals surface area contributed by atoms with Gasteiger partial charge in [0.25, 0.3) is 5.91 Å². The molecule has 18 heavy (non-hydrogen) atoms. The molecule has 5 heteroatoms. The smallest absolute Gasteiger partial charge is 0.253 e. The summed E-state index contributed by atoms with van der Waals surface area (Å²) in [6.45, 7) is 0.669. The summed E-state index contributed by atoms with van der Waals surface area (Å²) in [7, 11) is 0. The lowest BCUT2D eigenvalue weighted by Gasteiger charge is -2.20. The molecule has 2 N–H and O–H groups in total. The largest absolute Gasteiger partial charge is 0.399 e. The van der Waals surface area contributed by atoms with E-state index in [1.807, 2.05) is 12.1 Å². The number of anilines is 1. The van der Waals surface area contributed by atoms with Gasteiger partial charge in [-0.15, -0.1) is 0 Å². The van der Waals surface area contributed by atoms with Gasteiger partial charge in [-0.2, -0.15) is 10.5 Å². The molecular weight excluding hydrogens is 228 g/mol. The van der Waals surface area contributed by atoms with E-state index in [2.05, 4.69) is 0 Å². The number of carbonyl (C=O) groups is 1. The number of carbonyl (C=O) groups excluding carboxylic acids is 1. The Kier molecular flexibility index (Phi) is 5.21. The fourth-order valence-corrected chi connectivity index (χ4v) is 1.49. The van der Waals surface area contributed by atoms with Gasteiger partial charge < -0.3 is 10.6 Å². The molecule has 0 aromatic heterocycles. The van der Waals surface area contributed by atoms with Crippen LogP contribution in [0.25, 0.3) is 0 Å². The topological polar surface area (TPSA) is 93.9 Å². The highest BCUT2D eigenvalue weighted by Crippen LogP contribution is 2.09. The number of nitrogens with two attached hydrogens (primary N) is 1. The van der Waals surface area contributed by atoms with Gasteiger partial charge in [0.05, 0.1) is 25.0 Å². The van der Waals surface area contributed by atoms with E-state index in [9.17, 15) is 4.79 Å². The zero-order valence-electron chi connectivity index (χ0n) is 9.97. The van der Waals surface area contributed by atoms with Crippen LogP contribution in [-0.4, -0.2) is 23.9 Å². The summed E-state index contributed by atoms with van der Waals surface area (Å²) in [4.78, 5) is 13.6. The van der Waals surface area contributed by atoms with Crippen LogP contribution in [-0.2, 0) is 0 Å². The van der Waals surface area contributed by atoms with Crippen molar-refractivity contribution >= 4 is 11.6 Å². The fourth-order valence-electron chi connectivity index (χ4n) is 1.49. The summed E-state index contributed by atoms with van der Waals surface area (Å²) >= 11 is 0. The maximum atomic E-state index is 12.1. The van der Waals surface area contributed by atoms with E-state index in [0.29, 0.717) is 24.3 Å². The SMILES string of the molecule is N#CCCN(CCC#N)C(=O)c1ccc(N)cc1. The third kappa shape index (κ3) is 3.80. The highest BCUT2D eigenvalue weighted by atomic mass is 16.2. The van der Waals surface area contributed by atoms with Gasteiger partial charge in [-0.1, -0.05) is 0 Å². The van der Waals surface area contributed by atoms with E-state index in [1.165, 1.54) is 4.90 Å². The summed E-state index contributed by atoms with van der Waals surface area (Å²) in [6.07, 6.45) is 0.512. The highest BCUT2D eigenvalue weighted by molar-refractivity contribution is 5.94. The minimum absolute atomic E-state index is 0.180. The predicted octanol–water partition coefficient (Wildman–Crippen LogP) is 1.54. The molecule has 92 valence electrons.